The van der Waals surface area contributed by atoms with Crippen LogP contribution in [0, 0.1) is 4.84 Å². The molecule has 27 heavy (non-hydrogen) atoms. The molecule has 1 saturated heterocycles. The minimum absolute atomic E-state index is 0.426. The van der Waals surface area contributed by atoms with E-state index in [-0.39, 0.29) is 0 Å². The summed E-state index contributed by atoms with van der Waals surface area (Å²) in [6.07, 6.45) is 1.09. The van der Waals surface area contributed by atoms with Crippen LogP contribution in [0.2, 0.25) is 0 Å². The molecule has 1 fully saturated rings. The molecule has 4 rings (SSSR count). The van der Waals surface area contributed by atoms with Crippen molar-refractivity contribution in [2.24, 2.45) is 0 Å². The van der Waals surface area contributed by atoms with Crippen LogP contribution in [0.5, 0.6) is 5.75 Å². The number of methoxy groups -OCH3 is 1. The van der Waals surface area contributed by atoms with Crippen LogP contribution in [0.4, 0.5) is 5.69 Å². The Labute approximate surface area is 167 Å². The first kappa shape index (κ1) is 18.2. The molecule has 1 aromatic carbocycles. The Kier molecular flexibility index (Phi) is 5.56. The van der Waals surface area contributed by atoms with Crippen LogP contribution in [0.15, 0.2) is 46.2 Å². The molecule has 0 unspecified atom stereocenters. The lowest BCUT2D eigenvalue weighted by Crippen LogP contribution is -2.32. The molecule has 0 aliphatic carbocycles. The van der Waals surface area contributed by atoms with Crippen molar-refractivity contribution < 1.29 is 9.15 Å². The molecule has 0 radical (unpaired) electrons. The topological polar surface area (TPSA) is 46.7 Å². The van der Waals surface area contributed by atoms with Gasteiger partial charge in [-0.05, 0) is 54.4 Å². The minimum Gasteiger partial charge on any atom is -0.497 e. The monoisotopic (exact) mass is 402 g/mol. The number of hydrogen-bond acceptors (Lipinski definition) is 7. The van der Waals surface area contributed by atoms with E-state index in [0.717, 1.165) is 43.2 Å². The molecular formula is C19H22N4O2S2. The molecule has 3 heterocycles. The third-order valence-electron chi connectivity index (χ3n) is 4.70. The number of thiophene rings is 1. The zero-order chi connectivity index (χ0) is 18.6. The lowest BCUT2D eigenvalue weighted by Gasteiger charge is -2.23. The summed E-state index contributed by atoms with van der Waals surface area (Å²) >= 11 is 6.96. The normalized spacial score (nSPS) is 15.7. The van der Waals surface area contributed by atoms with Crippen molar-refractivity contribution >= 4 is 29.2 Å². The van der Waals surface area contributed by atoms with E-state index < -0.39 is 0 Å². The molecule has 2 aromatic heterocycles. The number of hydrogen-bond donors (Lipinski definition) is 0. The highest BCUT2D eigenvalue weighted by atomic mass is 32.1. The van der Waals surface area contributed by atoms with E-state index in [2.05, 4.69) is 27.0 Å². The van der Waals surface area contributed by atoms with Crippen LogP contribution < -0.4 is 9.64 Å². The Balaban J connectivity index is 1.40. The van der Waals surface area contributed by atoms with Gasteiger partial charge in [0.05, 0.1) is 18.7 Å². The molecule has 0 N–H and O–H groups in total. The lowest BCUT2D eigenvalue weighted by atomic mass is 10.2. The van der Waals surface area contributed by atoms with Crippen molar-refractivity contribution in [3.63, 3.8) is 0 Å². The summed E-state index contributed by atoms with van der Waals surface area (Å²) in [7, 11) is 1.69. The molecule has 1 aliphatic heterocycles. The summed E-state index contributed by atoms with van der Waals surface area (Å²) in [6, 6.07) is 12.2. The van der Waals surface area contributed by atoms with Gasteiger partial charge in [0, 0.05) is 31.9 Å². The van der Waals surface area contributed by atoms with E-state index in [0.29, 0.717) is 17.4 Å². The fraction of sp³-hybridized carbons (Fsp3) is 0.368. The maximum atomic E-state index is 5.67. The highest BCUT2D eigenvalue weighted by Gasteiger charge is 2.17. The molecule has 0 atom stereocenters. The quantitative estimate of drug-likeness (QED) is 0.599. The molecule has 6 nitrogen and oxygen atoms in total. The zero-order valence-electron chi connectivity index (χ0n) is 15.2. The highest BCUT2D eigenvalue weighted by molar-refractivity contribution is 7.71. The lowest BCUT2D eigenvalue weighted by molar-refractivity contribution is 0.217. The molecular weight excluding hydrogens is 380 g/mol. The average Bonchev–Trinajstić information content (AvgIpc) is 3.28. The molecule has 3 aromatic rings. The van der Waals surface area contributed by atoms with Crippen molar-refractivity contribution in [2.75, 3.05) is 38.2 Å². The summed E-state index contributed by atoms with van der Waals surface area (Å²) in [5.74, 6) is 1.49. The van der Waals surface area contributed by atoms with Gasteiger partial charge in [-0.25, -0.2) is 4.68 Å². The van der Waals surface area contributed by atoms with E-state index in [1.54, 1.807) is 23.1 Å². The molecule has 0 amide bonds. The third kappa shape index (κ3) is 4.23. The molecule has 0 spiro atoms. The van der Waals surface area contributed by atoms with Crippen LogP contribution in [0.25, 0.3) is 10.8 Å². The summed E-state index contributed by atoms with van der Waals surface area (Å²) < 4.78 is 12.7. The Morgan fingerprint density at radius 1 is 1.15 bits per heavy atom. The van der Waals surface area contributed by atoms with Gasteiger partial charge in [0.25, 0.3) is 10.7 Å². The minimum atomic E-state index is 0.426. The summed E-state index contributed by atoms with van der Waals surface area (Å²) in [4.78, 5) is 6.22. The van der Waals surface area contributed by atoms with Crippen LogP contribution in [-0.4, -0.2) is 48.0 Å². The fourth-order valence-electron chi connectivity index (χ4n) is 3.25. The van der Waals surface area contributed by atoms with Gasteiger partial charge in [0.1, 0.15) is 5.75 Å². The molecule has 8 heteroatoms. The predicted molar refractivity (Wildman–Crippen MR) is 110 cm³/mol. The van der Waals surface area contributed by atoms with E-state index in [4.69, 9.17) is 21.4 Å². The first-order valence-electron chi connectivity index (χ1n) is 8.96. The maximum absolute atomic E-state index is 5.67. The second kappa shape index (κ2) is 8.24. The summed E-state index contributed by atoms with van der Waals surface area (Å²) in [6.45, 7) is 4.62. The number of rotatable bonds is 5. The average molecular weight is 403 g/mol. The van der Waals surface area contributed by atoms with Gasteiger partial charge in [0.2, 0.25) is 0 Å². The highest BCUT2D eigenvalue weighted by Crippen LogP contribution is 2.24. The van der Waals surface area contributed by atoms with E-state index >= 15 is 0 Å². The zero-order valence-corrected chi connectivity index (χ0v) is 16.8. The van der Waals surface area contributed by atoms with Crippen LogP contribution in [-0.2, 0) is 6.67 Å². The molecule has 0 saturated carbocycles. The van der Waals surface area contributed by atoms with E-state index in [9.17, 15) is 0 Å². The van der Waals surface area contributed by atoms with Gasteiger partial charge in [-0.3, -0.25) is 4.90 Å². The van der Waals surface area contributed by atoms with Gasteiger partial charge in [-0.15, -0.1) is 16.4 Å². The van der Waals surface area contributed by atoms with E-state index in [1.165, 1.54) is 5.69 Å². The first-order chi connectivity index (χ1) is 13.2. The van der Waals surface area contributed by atoms with Gasteiger partial charge in [-0.1, -0.05) is 6.07 Å². The Morgan fingerprint density at radius 2 is 2.00 bits per heavy atom. The third-order valence-corrected chi connectivity index (χ3v) is 5.85. The Bertz CT molecular complexity index is 918. The van der Waals surface area contributed by atoms with Crippen LogP contribution in [0.1, 0.15) is 6.42 Å². The van der Waals surface area contributed by atoms with Crippen molar-refractivity contribution in [1.29, 1.82) is 0 Å². The second-order valence-corrected chi connectivity index (χ2v) is 7.74. The van der Waals surface area contributed by atoms with Gasteiger partial charge in [-0.2, -0.15) is 0 Å². The second-order valence-electron chi connectivity index (χ2n) is 6.45. The molecule has 0 bridgehead atoms. The number of aromatic nitrogens is 2. The van der Waals surface area contributed by atoms with Crippen molar-refractivity contribution in [3.8, 4) is 16.5 Å². The Hall–Kier alpha value is -2.16. The van der Waals surface area contributed by atoms with Crippen molar-refractivity contribution in [2.45, 2.75) is 13.1 Å². The first-order valence-corrected chi connectivity index (χ1v) is 10.2. The molecule has 1 aliphatic rings. The smallest absolute Gasteiger partial charge is 0.288 e. The standard InChI is InChI=1S/C19H22N4O2S2/c1-24-16-7-5-15(6-8-16)22-10-3-9-21(11-12-22)14-23-19(26)25-18(20-23)17-4-2-13-27-17/h2,4-8,13H,3,9-12,14H2,1H3. The number of ether oxygens (including phenoxy) is 1. The van der Waals surface area contributed by atoms with Gasteiger partial charge >= 0.3 is 0 Å². The fourth-order valence-corrected chi connectivity index (χ4v) is 4.07. The van der Waals surface area contributed by atoms with Crippen molar-refractivity contribution in [1.82, 2.24) is 14.7 Å². The Morgan fingerprint density at radius 3 is 2.74 bits per heavy atom. The number of nitrogens with zero attached hydrogens (tertiary/aromatic N) is 4. The number of anilines is 1. The summed E-state index contributed by atoms with van der Waals surface area (Å²) in [5, 5.41) is 6.57. The predicted octanol–water partition coefficient (Wildman–Crippen LogP) is 4.11. The molecule has 142 valence electrons. The largest absolute Gasteiger partial charge is 0.497 e. The SMILES string of the molecule is COc1ccc(N2CCCN(Cn3nc(-c4cccs4)oc3=S)CC2)cc1. The van der Waals surface area contributed by atoms with Crippen molar-refractivity contribution in [3.05, 3.63) is 46.6 Å². The maximum Gasteiger partial charge on any atom is 0.288 e. The number of benzene rings is 1. The van der Waals surface area contributed by atoms with Crippen LogP contribution >= 0.6 is 23.6 Å². The van der Waals surface area contributed by atoms with Gasteiger partial charge in [0.15, 0.2) is 0 Å². The van der Waals surface area contributed by atoms with Gasteiger partial charge < -0.3 is 14.1 Å². The summed E-state index contributed by atoms with van der Waals surface area (Å²) in [5.41, 5.74) is 1.23. The van der Waals surface area contributed by atoms with E-state index in [1.807, 2.05) is 29.6 Å². The van der Waals surface area contributed by atoms with Crippen LogP contribution in [0.3, 0.4) is 0 Å².